The van der Waals surface area contributed by atoms with Gasteiger partial charge in [-0.25, -0.2) is 0 Å². The van der Waals surface area contributed by atoms with E-state index in [2.05, 4.69) is 0 Å². The third kappa shape index (κ3) is 9.91. The first kappa shape index (κ1) is 28.7. The summed E-state index contributed by atoms with van der Waals surface area (Å²) in [5.41, 5.74) is 7.91. The van der Waals surface area contributed by atoms with Gasteiger partial charge in [0.25, 0.3) is 0 Å². The molecule has 38 heavy (non-hydrogen) atoms. The van der Waals surface area contributed by atoms with Crippen molar-refractivity contribution in [2.24, 2.45) is 11.8 Å². The Kier molecular flexibility index (Phi) is 10.7. The topological polar surface area (TPSA) is 140 Å². The molecule has 2 aromatic rings. The molecule has 206 valence electrons. The van der Waals surface area contributed by atoms with Crippen LogP contribution >= 0.6 is 0 Å². The molecule has 2 fully saturated rings. The van der Waals surface area contributed by atoms with Gasteiger partial charge in [-0.05, 0) is 80.7 Å². The van der Waals surface area contributed by atoms with Crippen LogP contribution < -0.4 is 15.2 Å². The first-order valence-electron chi connectivity index (χ1n) is 13.0. The SMILES string of the molecule is CCOC(=O)Cc1ccc(N)c(OCC2CC2)c1.CCOC(=O)Cc1ccc([N+](=O)[O-])c(OCC2CC2)c1. The lowest BCUT2D eigenvalue weighted by Crippen LogP contribution is -2.08. The molecule has 0 aromatic heterocycles. The normalized spacial score (nSPS) is 14.1. The minimum atomic E-state index is -0.476. The summed E-state index contributed by atoms with van der Waals surface area (Å²) in [5.74, 6) is 1.50. The van der Waals surface area contributed by atoms with E-state index in [4.69, 9.17) is 24.7 Å². The minimum absolute atomic E-state index is 0.0711. The quantitative estimate of drug-likeness (QED) is 0.170. The lowest BCUT2D eigenvalue weighted by Gasteiger charge is -2.10. The number of benzene rings is 2. The van der Waals surface area contributed by atoms with E-state index >= 15 is 0 Å². The Labute approximate surface area is 222 Å². The molecule has 2 aromatic carbocycles. The Morgan fingerprint density at radius 1 is 0.842 bits per heavy atom. The van der Waals surface area contributed by atoms with Crippen LogP contribution in [0.1, 0.15) is 50.7 Å². The molecular weight excluding hydrogens is 492 g/mol. The van der Waals surface area contributed by atoms with Crippen LogP contribution in [0, 0.1) is 22.0 Å². The molecule has 0 unspecified atom stereocenters. The zero-order valence-corrected chi connectivity index (χ0v) is 22.0. The highest BCUT2D eigenvalue weighted by Crippen LogP contribution is 2.33. The zero-order chi connectivity index (χ0) is 27.5. The number of esters is 2. The number of ether oxygens (including phenoxy) is 4. The number of anilines is 1. The van der Waals surface area contributed by atoms with Gasteiger partial charge in [0.05, 0.1) is 49.9 Å². The van der Waals surface area contributed by atoms with Crippen molar-refractivity contribution in [3.05, 3.63) is 57.6 Å². The average Bonchev–Trinajstić information content (AvgIpc) is 3.79. The van der Waals surface area contributed by atoms with Crippen LogP contribution in [0.15, 0.2) is 36.4 Å². The van der Waals surface area contributed by atoms with E-state index in [9.17, 15) is 19.7 Å². The second kappa shape index (κ2) is 14.2. The fourth-order valence-electron chi connectivity index (χ4n) is 3.49. The minimum Gasteiger partial charge on any atom is -0.491 e. The molecule has 0 amide bonds. The van der Waals surface area contributed by atoms with Crippen molar-refractivity contribution < 1.29 is 33.5 Å². The van der Waals surface area contributed by atoms with Crippen LogP contribution in [0.4, 0.5) is 11.4 Å². The van der Waals surface area contributed by atoms with Gasteiger partial charge in [0.1, 0.15) is 5.75 Å². The standard InChI is InChI=1S/C14H17NO5.C14H19NO3/c1-2-19-14(16)8-11-5-6-12(15(17)18)13(7-11)20-9-10-3-4-10;1-2-17-14(16)8-11-5-6-12(15)13(7-11)18-9-10-3-4-10/h5-7,10H,2-4,8-9H2,1H3;5-7,10H,2-4,8-9,15H2,1H3. The maximum absolute atomic E-state index is 11.4. The summed E-state index contributed by atoms with van der Waals surface area (Å²) in [5, 5.41) is 11.0. The van der Waals surface area contributed by atoms with Gasteiger partial charge in [0.15, 0.2) is 5.75 Å². The zero-order valence-electron chi connectivity index (χ0n) is 22.0. The van der Waals surface area contributed by atoms with Crippen LogP contribution in [-0.4, -0.2) is 43.3 Å². The summed E-state index contributed by atoms with van der Waals surface area (Å²) in [6, 6.07) is 9.91. The van der Waals surface area contributed by atoms with E-state index in [1.807, 2.05) is 12.1 Å². The van der Waals surface area contributed by atoms with Gasteiger partial charge >= 0.3 is 17.6 Å². The van der Waals surface area contributed by atoms with E-state index in [0.717, 1.165) is 18.4 Å². The number of carbonyl (C=O) groups excluding carboxylic acids is 2. The van der Waals surface area contributed by atoms with Crippen molar-refractivity contribution in [2.75, 3.05) is 32.2 Å². The van der Waals surface area contributed by atoms with E-state index in [1.54, 1.807) is 32.0 Å². The summed E-state index contributed by atoms with van der Waals surface area (Å²) in [4.78, 5) is 33.3. The molecule has 0 spiro atoms. The maximum atomic E-state index is 11.4. The van der Waals surface area contributed by atoms with Gasteiger partial charge in [-0.2, -0.15) is 0 Å². The van der Waals surface area contributed by atoms with Gasteiger partial charge in [-0.3, -0.25) is 19.7 Å². The monoisotopic (exact) mass is 528 g/mol. The van der Waals surface area contributed by atoms with Crippen LogP contribution in [0.3, 0.4) is 0 Å². The largest absolute Gasteiger partial charge is 0.491 e. The maximum Gasteiger partial charge on any atom is 0.310 e. The summed E-state index contributed by atoms with van der Waals surface area (Å²) in [6.07, 6.45) is 5.04. The molecule has 0 aliphatic heterocycles. The number of hydrogen-bond donors (Lipinski definition) is 1. The van der Waals surface area contributed by atoms with Crippen molar-refractivity contribution in [3.63, 3.8) is 0 Å². The molecule has 0 heterocycles. The molecule has 10 nitrogen and oxygen atoms in total. The van der Waals surface area contributed by atoms with Crippen molar-refractivity contribution >= 4 is 23.3 Å². The Morgan fingerprint density at radius 2 is 1.32 bits per heavy atom. The van der Waals surface area contributed by atoms with Gasteiger partial charge < -0.3 is 24.7 Å². The summed E-state index contributed by atoms with van der Waals surface area (Å²) >= 11 is 0. The molecule has 10 heteroatoms. The van der Waals surface area contributed by atoms with Gasteiger partial charge in [0, 0.05) is 6.07 Å². The molecule has 0 radical (unpaired) electrons. The summed E-state index contributed by atoms with van der Waals surface area (Å²) in [6.45, 7) is 5.45. The van der Waals surface area contributed by atoms with Crippen molar-refractivity contribution in [2.45, 2.75) is 52.4 Å². The fourth-order valence-corrected chi connectivity index (χ4v) is 3.49. The molecule has 0 bridgehead atoms. The summed E-state index contributed by atoms with van der Waals surface area (Å²) < 4.78 is 20.9. The van der Waals surface area contributed by atoms with Crippen molar-refractivity contribution in [1.29, 1.82) is 0 Å². The molecule has 4 rings (SSSR count). The molecule has 2 saturated carbocycles. The molecule has 2 aliphatic carbocycles. The highest BCUT2D eigenvalue weighted by atomic mass is 16.6. The highest BCUT2D eigenvalue weighted by Gasteiger charge is 2.25. The number of nitrogens with zero attached hydrogens (tertiary/aromatic N) is 1. The third-order valence-electron chi connectivity index (χ3n) is 5.95. The van der Waals surface area contributed by atoms with Crippen LogP contribution in [0.5, 0.6) is 11.5 Å². The van der Waals surface area contributed by atoms with E-state index in [0.29, 0.717) is 55.3 Å². The van der Waals surface area contributed by atoms with Crippen molar-refractivity contribution in [3.8, 4) is 11.5 Å². The smallest absolute Gasteiger partial charge is 0.310 e. The molecule has 2 aliphatic rings. The Balaban J connectivity index is 0.000000212. The number of nitrogens with two attached hydrogens (primary N) is 1. The van der Waals surface area contributed by atoms with Crippen LogP contribution in [0.25, 0.3) is 0 Å². The lowest BCUT2D eigenvalue weighted by atomic mass is 10.1. The van der Waals surface area contributed by atoms with Gasteiger partial charge in [-0.1, -0.05) is 12.1 Å². The summed E-state index contributed by atoms with van der Waals surface area (Å²) in [7, 11) is 0. The second-order valence-corrected chi connectivity index (χ2v) is 9.40. The molecule has 2 N–H and O–H groups in total. The van der Waals surface area contributed by atoms with Crippen LogP contribution in [-0.2, 0) is 31.9 Å². The number of nitro benzene ring substituents is 1. The average molecular weight is 529 g/mol. The molecular formula is C28H36N2O8. The first-order chi connectivity index (χ1) is 18.3. The van der Waals surface area contributed by atoms with E-state index in [1.165, 1.54) is 18.9 Å². The van der Waals surface area contributed by atoms with Crippen molar-refractivity contribution in [1.82, 2.24) is 0 Å². The predicted octanol–water partition coefficient (Wildman–Crippen LogP) is 4.65. The number of hydrogen-bond acceptors (Lipinski definition) is 9. The third-order valence-corrected chi connectivity index (χ3v) is 5.95. The number of rotatable bonds is 13. The first-order valence-corrected chi connectivity index (χ1v) is 13.0. The second-order valence-electron chi connectivity index (χ2n) is 9.40. The Morgan fingerprint density at radius 3 is 1.79 bits per heavy atom. The predicted molar refractivity (Wildman–Crippen MR) is 141 cm³/mol. The van der Waals surface area contributed by atoms with Gasteiger partial charge in [0.2, 0.25) is 0 Å². The van der Waals surface area contributed by atoms with E-state index in [-0.39, 0.29) is 36.2 Å². The fraction of sp³-hybridized carbons (Fsp3) is 0.500. The number of carbonyl (C=O) groups is 2. The number of nitrogen functional groups attached to an aromatic ring is 1. The van der Waals surface area contributed by atoms with E-state index < -0.39 is 4.92 Å². The Bertz CT molecular complexity index is 1110. The molecule has 0 atom stereocenters. The van der Waals surface area contributed by atoms with Gasteiger partial charge in [-0.15, -0.1) is 0 Å². The molecule has 0 saturated heterocycles. The Hall–Kier alpha value is -3.82. The number of nitro groups is 1. The van der Waals surface area contributed by atoms with Crippen LogP contribution in [0.2, 0.25) is 0 Å². The highest BCUT2D eigenvalue weighted by molar-refractivity contribution is 5.73. The lowest BCUT2D eigenvalue weighted by molar-refractivity contribution is -0.385.